The summed E-state index contributed by atoms with van der Waals surface area (Å²) in [5.41, 5.74) is 4.32. The Morgan fingerprint density at radius 3 is 2.49 bits per heavy atom. The van der Waals surface area contributed by atoms with Crippen molar-refractivity contribution < 1.29 is 29.0 Å². The van der Waals surface area contributed by atoms with E-state index in [2.05, 4.69) is 28.3 Å². The van der Waals surface area contributed by atoms with E-state index in [4.69, 9.17) is 4.74 Å². The molecule has 1 aliphatic rings. The van der Waals surface area contributed by atoms with Crippen molar-refractivity contribution in [3.63, 3.8) is 0 Å². The normalized spacial score (nSPS) is 14.4. The predicted molar refractivity (Wildman–Crippen MR) is 135 cm³/mol. The molecule has 8 heteroatoms. The Morgan fingerprint density at radius 2 is 1.74 bits per heavy atom. The second-order valence-electron chi connectivity index (χ2n) is 8.64. The molecule has 7 nitrogen and oxygen atoms in total. The van der Waals surface area contributed by atoms with E-state index in [0.717, 1.165) is 23.3 Å². The third kappa shape index (κ3) is 8.11. The van der Waals surface area contributed by atoms with Crippen LogP contribution in [-0.2, 0) is 36.7 Å². The zero-order chi connectivity index (χ0) is 25.2. The van der Waals surface area contributed by atoms with Crippen LogP contribution in [-0.4, -0.2) is 43.3 Å². The van der Waals surface area contributed by atoms with Crippen LogP contribution in [0.4, 0.5) is 5.69 Å². The van der Waals surface area contributed by atoms with Gasteiger partial charge in [0.25, 0.3) is 0 Å². The molecule has 2 atom stereocenters. The molecule has 0 aliphatic heterocycles. The lowest BCUT2D eigenvalue weighted by atomic mass is 9.89. The van der Waals surface area contributed by atoms with Crippen LogP contribution in [0.1, 0.15) is 60.5 Å². The van der Waals surface area contributed by atoms with Crippen molar-refractivity contribution in [3.05, 3.63) is 59.2 Å². The number of rotatable bonds is 11. The van der Waals surface area contributed by atoms with Crippen LogP contribution < -0.4 is 5.32 Å². The maximum absolute atomic E-state index is 12.1. The lowest BCUT2D eigenvalue weighted by Crippen LogP contribution is -2.18. The number of benzene rings is 2. The number of thioether (sulfide) groups is 1. The van der Waals surface area contributed by atoms with Gasteiger partial charge in [-0.25, -0.2) is 0 Å². The molecule has 2 aromatic carbocycles. The largest absolute Gasteiger partial charge is 0.469 e. The number of fused-ring (bicyclic) bond motifs is 1. The Labute approximate surface area is 210 Å². The number of esters is 2. The topological polar surface area (TPSA) is 102 Å². The van der Waals surface area contributed by atoms with E-state index in [0.29, 0.717) is 18.5 Å². The van der Waals surface area contributed by atoms with Gasteiger partial charge >= 0.3 is 11.9 Å². The second-order valence-corrected chi connectivity index (χ2v) is 9.85. The fourth-order valence-corrected chi connectivity index (χ4v) is 5.43. The number of hydrogen-bond donors (Lipinski definition) is 2. The van der Waals surface area contributed by atoms with Crippen LogP contribution in [0.3, 0.4) is 0 Å². The van der Waals surface area contributed by atoms with Gasteiger partial charge in [-0.15, -0.1) is 11.8 Å². The molecule has 0 spiro atoms. The van der Waals surface area contributed by atoms with Gasteiger partial charge in [-0.1, -0.05) is 24.3 Å². The summed E-state index contributed by atoms with van der Waals surface area (Å²) in [4.78, 5) is 35.8. The van der Waals surface area contributed by atoms with E-state index in [1.54, 1.807) is 6.07 Å². The molecule has 35 heavy (non-hydrogen) atoms. The molecular formula is C27H33NO6S. The van der Waals surface area contributed by atoms with Gasteiger partial charge in [-0.05, 0) is 73.4 Å². The van der Waals surface area contributed by atoms with Crippen molar-refractivity contribution in [3.8, 4) is 0 Å². The molecule has 2 unspecified atom stereocenters. The minimum atomic E-state index is -0.677. The molecule has 0 bridgehead atoms. The Morgan fingerprint density at radius 1 is 1.00 bits per heavy atom. The SMILES string of the molecule is COC(=O)CCCC(O)C(Sc1cccc(NC(=O)CC(=O)OC)c1)c1ccc2c(c1)CCCC2. The molecule has 1 amide bonds. The van der Waals surface area contributed by atoms with Gasteiger partial charge in [-0.3, -0.25) is 14.4 Å². The molecule has 0 fully saturated rings. The molecule has 2 aromatic rings. The van der Waals surface area contributed by atoms with E-state index in [-0.39, 0.29) is 24.1 Å². The molecular weight excluding hydrogens is 466 g/mol. The van der Waals surface area contributed by atoms with Gasteiger partial charge < -0.3 is 19.9 Å². The highest BCUT2D eigenvalue weighted by molar-refractivity contribution is 7.99. The number of aliphatic hydroxyl groups excluding tert-OH is 1. The number of carbonyl (C=O) groups excluding carboxylic acids is 3. The van der Waals surface area contributed by atoms with Crippen LogP contribution >= 0.6 is 11.8 Å². The zero-order valence-corrected chi connectivity index (χ0v) is 21.1. The molecule has 0 aromatic heterocycles. The summed E-state index contributed by atoms with van der Waals surface area (Å²) in [5, 5.41) is 13.6. The summed E-state index contributed by atoms with van der Waals surface area (Å²) in [6.07, 6.45) is 4.71. The van der Waals surface area contributed by atoms with Gasteiger partial charge in [0, 0.05) is 17.0 Å². The van der Waals surface area contributed by atoms with Gasteiger partial charge in [0.1, 0.15) is 6.42 Å². The maximum atomic E-state index is 12.1. The van der Waals surface area contributed by atoms with Crippen molar-refractivity contribution in [2.75, 3.05) is 19.5 Å². The summed E-state index contributed by atoms with van der Waals surface area (Å²) >= 11 is 1.52. The van der Waals surface area contributed by atoms with Crippen LogP contribution in [0.5, 0.6) is 0 Å². The number of methoxy groups -OCH3 is 2. The summed E-state index contributed by atoms with van der Waals surface area (Å²) in [6.45, 7) is 0. The van der Waals surface area contributed by atoms with Crippen LogP contribution in [0.25, 0.3) is 0 Å². The summed E-state index contributed by atoms with van der Waals surface area (Å²) < 4.78 is 9.27. The molecule has 0 heterocycles. The number of aryl methyl sites for hydroxylation is 2. The van der Waals surface area contributed by atoms with Gasteiger partial charge in [0.05, 0.1) is 25.6 Å². The van der Waals surface area contributed by atoms with E-state index in [9.17, 15) is 19.5 Å². The smallest absolute Gasteiger partial charge is 0.315 e. The monoisotopic (exact) mass is 499 g/mol. The average Bonchev–Trinajstić information content (AvgIpc) is 2.86. The first kappa shape index (κ1) is 26.8. The number of carbonyl (C=O) groups is 3. The minimum Gasteiger partial charge on any atom is -0.469 e. The number of hydrogen-bond acceptors (Lipinski definition) is 7. The van der Waals surface area contributed by atoms with Gasteiger partial charge in [-0.2, -0.15) is 0 Å². The lowest BCUT2D eigenvalue weighted by molar-refractivity contribution is -0.143. The first-order valence-corrected chi connectivity index (χ1v) is 12.8. The van der Waals surface area contributed by atoms with Crippen LogP contribution in [0.15, 0.2) is 47.4 Å². The molecule has 1 aliphatic carbocycles. The van der Waals surface area contributed by atoms with Crippen LogP contribution in [0, 0.1) is 0 Å². The third-order valence-electron chi connectivity index (χ3n) is 6.07. The average molecular weight is 500 g/mol. The maximum Gasteiger partial charge on any atom is 0.315 e. The summed E-state index contributed by atoms with van der Waals surface area (Å²) in [7, 11) is 2.60. The highest BCUT2D eigenvalue weighted by Crippen LogP contribution is 2.41. The number of ether oxygens (including phenoxy) is 2. The first-order valence-electron chi connectivity index (χ1n) is 11.9. The fraction of sp³-hybridized carbons (Fsp3) is 0.444. The molecule has 2 N–H and O–H groups in total. The molecule has 3 rings (SSSR count). The van der Waals surface area contributed by atoms with Crippen molar-refractivity contribution in [2.45, 2.75) is 67.6 Å². The van der Waals surface area contributed by atoms with Gasteiger partial charge in [0.15, 0.2) is 0 Å². The Kier molecular flexibility index (Phi) is 10.2. The van der Waals surface area contributed by atoms with Crippen molar-refractivity contribution in [2.24, 2.45) is 0 Å². The van der Waals surface area contributed by atoms with E-state index < -0.39 is 18.0 Å². The highest BCUT2D eigenvalue weighted by atomic mass is 32.2. The Balaban J connectivity index is 1.78. The predicted octanol–water partition coefficient (Wildman–Crippen LogP) is 4.60. The number of amides is 1. The number of anilines is 1. The lowest BCUT2D eigenvalue weighted by Gasteiger charge is -2.25. The van der Waals surface area contributed by atoms with Crippen LogP contribution in [0.2, 0.25) is 0 Å². The van der Waals surface area contributed by atoms with E-state index in [1.165, 1.54) is 50.0 Å². The summed E-state index contributed by atoms with van der Waals surface area (Å²) in [6, 6.07) is 13.8. The Bertz CT molecular complexity index is 1040. The third-order valence-corrected chi connectivity index (χ3v) is 7.44. The van der Waals surface area contributed by atoms with Crippen molar-refractivity contribution >= 4 is 35.3 Å². The molecule has 188 valence electrons. The van der Waals surface area contributed by atoms with Crippen molar-refractivity contribution in [1.82, 2.24) is 0 Å². The molecule has 0 radical (unpaired) electrons. The van der Waals surface area contributed by atoms with Crippen molar-refractivity contribution in [1.29, 1.82) is 0 Å². The Hall–Kier alpha value is -2.84. The second kappa shape index (κ2) is 13.3. The standard InChI is InChI=1S/C27H33NO6S/c1-33-25(31)12-6-11-23(29)27(20-14-13-18-7-3-4-8-19(18)15-20)35-22-10-5-9-21(16-22)28-24(30)17-26(32)34-2/h5,9-10,13-16,23,27,29H,3-4,6-8,11-12,17H2,1-2H3,(H,28,30). The van der Waals surface area contributed by atoms with E-state index in [1.807, 2.05) is 18.2 Å². The molecule has 0 saturated heterocycles. The fourth-order valence-electron chi connectivity index (χ4n) is 4.21. The quantitative estimate of drug-likeness (QED) is 0.265. The summed E-state index contributed by atoms with van der Waals surface area (Å²) in [5.74, 6) is -1.34. The van der Waals surface area contributed by atoms with E-state index >= 15 is 0 Å². The number of aliphatic hydroxyl groups is 1. The zero-order valence-electron chi connectivity index (χ0n) is 20.2. The van der Waals surface area contributed by atoms with Gasteiger partial charge in [0.2, 0.25) is 5.91 Å². The number of nitrogens with one attached hydrogen (secondary N) is 1. The first-order chi connectivity index (χ1) is 16.9. The molecule has 0 saturated carbocycles. The minimum absolute atomic E-state index is 0.249. The highest BCUT2D eigenvalue weighted by Gasteiger charge is 2.24.